The van der Waals surface area contributed by atoms with Crippen LogP contribution in [-0.2, 0) is 15.9 Å². The second kappa shape index (κ2) is 6.53. The molecule has 0 saturated heterocycles. The van der Waals surface area contributed by atoms with Crippen molar-refractivity contribution in [2.45, 2.75) is 12.7 Å². The van der Waals surface area contributed by atoms with Crippen LogP contribution in [0.25, 0.3) is 0 Å². The molecule has 0 aliphatic rings. The molecular formula is C9H16NO3S+. The second-order valence-corrected chi connectivity index (χ2v) is 4.16. The number of hydrogen-bond acceptors (Lipinski definition) is 2. The maximum absolute atomic E-state index is 10.4. The van der Waals surface area contributed by atoms with Gasteiger partial charge in [-0.25, -0.2) is 0 Å². The van der Waals surface area contributed by atoms with Crippen LogP contribution in [0.3, 0.4) is 0 Å². The Kier molecular flexibility index (Phi) is 6.11. The lowest BCUT2D eigenvalue weighted by molar-refractivity contribution is -0.361. The minimum atomic E-state index is -3.88. The van der Waals surface area contributed by atoms with Crippen LogP contribution in [0.1, 0.15) is 12.5 Å². The minimum absolute atomic E-state index is 0.312. The third kappa shape index (κ3) is 7.72. The molecule has 4 N–H and O–H groups in total. The molecule has 1 aromatic rings. The van der Waals surface area contributed by atoms with Crippen LogP contribution in [0.15, 0.2) is 30.3 Å². The average molecular weight is 218 g/mol. The van der Waals surface area contributed by atoms with Crippen molar-refractivity contribution in [2.24, 2.45) is 0 Å². The molecule has 0 aromatic heterocycles. The van der Waals surface area contributed by atoms with Crippen LogP contribution in [0, 0.1) is 0 Å². The summed E-state index contributed by atoms with van der Waals surface area (Å²) in [6.45, 7) is 3.01. The summed E-state index contributed by atoms with van der Waals surface area (Å²) in [5.74, 6) is -0.312. The number of hydrogen-bond donors (Lipinski definition) is 2. The van der Waals surface area contributed by atoms with E-state index in [1.165, 1.54) is 0 Å². The van der Waals surface area contributed by atoms with Gasteiger partial charge in [0, 0.05) is 0 Å². The standard InChI is InChI=1S/C7H8O3S.C2H7N/c8-11(9,10)6-7-4-2-1-3-5-7;1-2-3/h1-5H,6H2,(H,8,9,10);2-3H2,1H3/p+1. The van der Waals surface area contributed by atoms with Crippen molar-refractivity contribution in [3.8, 4) is 0 Å². The van der Waals surface area contributed by atoms with E-state index < -0.39 is 10.1 Å². The van der Waals surface area contributed by atoms with E-state index in [9.17, 15) is 8.42 Å². The first-order chi connectivity index (χ1) is 6.49. The molecule has 4 nitrogen and oxygen atoms in total. The zero-order valence-electron chi connectivity index (χ0n) is 8.18. The monoisotopic (exact) mass is 218 g/mol. The second-order valence-electron chi connectivity index (χ2n) is 2.71. The van der Waals surface area contributed by atoms with Gasteiger partial charge in [-0.1, -0.05) is 30.3 Å². The van der Waals surface area contributed by atoms with E-state index in [0.717, 1.165) is 6.54 Å². The van der Waals surface area contributed by atoms with E-state index >= 15 is 0 Å². The molecule has 0 bridgehead atoms. The van der Waals surface area contributed by atoms with Gasteiger partial charge in [-0.2, -0.15) is 8.42 Å². The largest absolute Gasteiger partial charge is 0.358 e. The van der Waals surface area contributed by atoms with Gasteiger partial charge in [-0.15, -0.1) is 0 Å². The SMILES string of the molecule is CC[NH3+].O=S(=O)(O)Cc1ccccc1. The van der Waals surface area contributed by atoms with Crippen molar-refractivity contribution in [2.75, 3.05) is 6.54 Å². The molecule has 0 atom stereocenters. The van der Waals surface area contributed by atoms with Crippen molar-refractivity contribution >= 4 is 10.1 Å². The van der Waals surface area contributed by atoms with Gasteiger partial charge in [-0.05, 0) is 12.5 Å². The van der Waals surface area contributed by atoms with Gasteiger partial charge in [-0.3, -0.25) is 4.55 Å². The van der Waals surface area contributed by atoms with Crippen molar-refractivity contribution in [1.82, 2.24) is 0 Å². The normalized spacial score (nSPS) is 10.2. The zero-order chi connectivity index (χ0) is 11.0. The Hall–Kier alpha value is -0.910. The highest BCUT2D eigenvalue weighted by Crippen LogP contribution is 2.02. The molecule has 0 unspecified atom stereocenters. The van der Waals surface area contributed by atoms with Crippen LogP contribution >= 0.6 is 0 Å². The molecule has 0 saturated carbocycles. The van der Waals surface area contributed by atoms with Gasteiger partial charge in [0.25, 0.3) is 10.1 Å². The van der Waals surface area contributed by atoms with E-state index in [2.05, 4.69) is 5.73 Å². The summed E-state index contributed by atoms with van der Waals surface area (Å²) in [6, 6.07) is 8.52. The average Bonchev–Trinajstić information content (AvgIpc) is 2.04. The van der Waals surface area contributed by atoms with Gasteiger partial charge >= 0.3 is 0 Å². The molecule has 0 aliphatic carbocycles. The molecule has 1 aromatic carbocycles. The molecule has 0 heterocycles. The van der Waals surface area contributed by atoms with Crippen LogP contribution in [-0.4, -0.2) is 19.5 Å². The molecule has 1 rings (SSSR count). The smallest absolute Gasteiger partial charge is 0.269 e. The predicted molar refractivity (Wildman–Crippen MR) is 55.1 cm³/mol. The van der Waals surface area contributed by atoms with E-state index in [1.807, 2.05) is 6.92 Å². The van der Waals surface area contributed by atoms with Crippen LogP contribution in [0.2, 0.25) is 0 Å². The Labute approximate surface area is 84.5 Å². The van der Waals surface area contributed by atoms with E-state index in [-0.39, 0.29) is 5.75 Å². The molecule has 0 amide bonds. The van der Waals surface area contributed by atoms with Crippen LogP contribution in [0.5, 0.6) is 0 Å². The van der Waals surface area contributed by atoms with Crippen LogP contribution in [0.4, 0.5) is 0 Å². The predicted octanol–water partition coefficient (Wildman–Crippen LogP) is 0.323. The third-order valence-electron chi connectivity index (χ3n) is 1.19. The maximum Gasteiger partial charge on any atom is 0.269 e. The van der Waals surface area contributed by atoms with E-state index in [4.69, 9.17) is 4.55 Å². The number of quaternary nitrogens is 1. The van der Waals surface area contributed by atoms with Gasteiger partial charge in [0.15, 0.2) is 0 Å². The Balaban J connectivity index is 0.000000500. The maximum atomic E-state index is 10.4. The van der Waals surface area contributed by atoms with Crippen molar-refractivity contribution in [3.05, 3.63) is 35.9 Å². The summed E-state index contributed by atoms with van der Waals surface area (Å²) in [7, 11) is -3.88. The summed E-state index contributed by atoms with van der Waals surface area (Å²) in [5, 5.41) is 0. The van der Waals surface area contributed by atoms with Gasteiger partial charge in [0.05, 0.1) is 6.54 Å². The molecule has 0 fully saturated rings. The Morgan fingerprint density at radius 2 is 1.71 bits per heavy atom. The van der Waals surface area contributed by atoms with Crippen molar-refractivity contribution in [3.63, 3.8) is 0 Å². The number of benzene rings is 1. The Morgan fingerprint density at radius 3 is 2.07 bits per heavy atom. The molecule has 5 heteroatoms. The Bertz CT molecular complexity index is 334. The minimum Gasteiger partial charge on any atom is -0.358 e. The zero-order valence-corrected chi connectivity index (χ0v) is 9.00. The fraction of sp³-hybridized carbons (Fsp3) is 0.333. The lowest BCUT2D eigenvalue weighted by Gasteiger charge is -1.95. The van der Waals surface area contributed by atoms with Crippen molar-refractivity contribution in [1.29, 1.82) is 0 Å². The topological polar surface area (TPSA) is 82.0 Å². The molecule has 14 heavy (non-hydrogen) atoms. The highest BCUT2D eigenvalue weighted by molar-refractivity contribution is 7.85. The number of rotatable bonds is 2. The fourth-order valence-electron chi connectivity index (χ4n) is 0.785. The summed E-state index contributed by atoms with van der Waals surface area (Å²) in [4.78, 5) is 0. The summed E-state index contributed by atoms with van der Waals surface area (Å²) < 4.78 is 29.2. The highest BCUT2D eigenvalue weighted by atomic mass is 32.2. The lowest BCUT2D eigenvalue weighted by Crippen LogP contribution is -2.48. The van der Waals surface area contributed by atoms with E-state index in [0.29, 0.717) is 5.56 Å². The third-order valence-corrected chi connectivity index (χ3v) is 1.89. The quantitative estimate of drug-likeness (QED) is 0.701. The van der Waals surface area contributed by atoms with E-state index in [1.54, 1.807) is 30.3 Å². The van der Waals surface area contributed by atoms with Gasteiger partial charge < -0.3 is 5.73 Å². The molecular weight excluding hydrogens is 202 g/mol. The fourth-order valence-corrected chi connectivity index (χ4v) is 1.40. The van der Waals surface area contributed by atoms with Crippen molar-refractivity contribution < 1.29 is 18.7 Å². The first-order valence-electron chi connectivity index (χ1n) is 4.28. The Morgan fingerprint density at radius 1 is 1.29 bits per heavy atom. The van der Waals surface area contributed by atoms with Gasteiger partial charge in [0.1, 0.15) is 5.75 Å². The summed E-state index contributed by atoms with van der Waals surface area (Å²) in [6.07, 6.45) is 0. The molecule has 80 valence electrons. The lowest BCUT2D eigenvalue weighted by atomic mass is 10.2. The van der Waals surface area contributed by atoms with Gasteiger partial charge in [0.2, 0.25) is 0 Å². The molecule has 0 spiro atoms. The first kappa shape index (κ1) is 13.1. The highest BCUT2D eigenvalue weighted by Gasteiger charge is 2.04. The summed E-state index contributed by atoms with van der Waals surface area (Å²) >= 11 is 0. The molecule has 0 aliphatic heterocycles. The summed E-state index contributed by atoms with van der Waals surface area (Å²) in [5.41, 5.74) is 4.08. The molecule has 0 radical (unpaired) electrons. The first-order valence-corrected chi connectivity index (χ1v) is 5.89. The van der Waals surface area contributed by atoms with Crippen LogP contribution < -0.4 is 5.73 Å².